The molecule has 1 aromatic carbocycles. The molecule has 2 amide bonds. The van der Waals surface area contributed by atoms with Crippen LogP contribution in [0.5, 0.6) is 11.5 Å². The van der Waals surface area contributed by atoms with Crippen molar-refractivity contribution in [3.05, 3.63) is 23.8 Å². The van der Waals surface area contributed by atoms with Crippen molar-refractivity contribution in [2.75, 3.05) is 34.4 Å². The van der Waals surface area contributed by atoms with E-state index in [9.17, 15) is 9.59 Å². The number of likely N-dealkylation sites (tertiary alicyclic amines) is 1. The standard InChI is InChI=1S/C17H22N2O5/c1-18-15(20)11-17(24-18)4-6-19(7-5-17)16(21)12-8-13(22-2)10-14(9-12)23-3/h8-10H,4-7,11H2,1-3H3. The quantitative estimate of drug-likeness (QED) is 0.837. The minimum absolute atomic E-state index is 0.00712. The van der Waals surface area contributed by atoms with Gasteiger partial charge in [0.15, 0.2) is 0 Å². The highest BCUT2D eigenvalue weighted by Crippen LogP contribution is 2.36. The van der Waals surface area contributed by atoms with Crippen molar-refractivity contribution in [3.63, 3.8) is 0 Å². The largest absolute Gasteiger partial charge is 0.497 e. The topological polar surface area (TPSA) is 68.3 Å². The molecule has 2 fully saturated rings. The highest BCUT2D eigenvalue weighted by atomic mass is 16.7. The van der Waals surface area contributed by atoms with E-state index in [1.54, 1.807) is 44.4 Å². The first-order valence-corrected chi connectivity index (χ1v) is 7.94. The van der Waals surface area contributed by atoms with Gasteiger partial charge in [-0.15, -0.1) is 0 Å². The van der Waals surface area contributed by atoms with Crippen LogP contribution in [0, 0.1) is 0 Å². The molecule has 2 saturated heterocycles. The zero-order chi connectivity index (χ0) is 17.3. The lowest BCUT2D eigenvalue weighted by atomic mass is 9.88. The molecule has 7 heteroatoms. The summed E-state index contributed by atoms with van der Waals surface area (Å²) in [5.41, 5.74) is 0.0805. The van der Waals surface area contributed by atoms with Gasteiger partial charge in [-0.25, -0.2) is 5.06 Å². The molecule has 1 aromatic rings. The van der Waals surface area contributed by atoms with Gasteiger partial charge in [0, 0.05) is 31.8 Å². The van der Waals surface area contributed by atoms with E-state index in [2.05, 4.69) is 0 Å². The van der Waals surface area contributed by atoms with Gasteiger partial charge in [-0.05, 0) is 25.0 Å². The summed E-state index contributed by atoms with van der Waals surface area (Å²) in [6.07, 6.45) is 1.68. The van der Waals surface area contributed by atoms with Gasteiger partial charge in [0.1, 0.15) is 17.1 Å². The Balaban J connectivity index is 1.70. The number of carbonyl (C=O) groups is 2. The van der Waals surface area contributed by atoms with Crippen LogP contribution in [-0.2, 0) is 9.63 Å². The zero-order valence-electron chi connectivity index (χ0n) is 14.2. The van der Waals surface area contributed by atoms with Gasteiger partial charge in [-0.3, -0.25) is 14.4 Å². The van der Waals surface area contributed by atoms with Gasteiger partial charge in [0.25, 0.3) is 5.91 Å². The van der Waals surface area contributed by atoms with Gasteiger partial charge in [-0.1, -0.05) is 0 Å². The smallest absolute Gasteiger partial charge is 0.254 e. The molecule has 0 unspecified atom stereocenters. The lowest BCUT2D eigenvalue weighted by molar-refractivity contribution is -0.197. The van der Waals surface area contributed by atoms with Crippen LogP contribution in [0.3, 0.4) is 0 Å². The summed E-state index contributed by atoms with van der Waals surface area (Å²) in [6, 6.07) is 5.15. The SMILES string of the molecule is COc1cc(OC)cc(C(=O)N2CCC3(CC2)CC(=O)N(C)O3)c1. The molecule has 1 spiro atoms. The van der Waals surface area contributed by atoms with Crippen molar-refractivity contribution < 1.29 is 23.9 Å². The monoisotopic (exact) mass is 334 g/mol. The Bertz CT molecular complexity index is 630. The predicted molar refractivity (Wildman–Crippen MR) is 85.9 cm³/mol. The van der Waals surface area contributed by atoms with Crippen molar-refractivity contribution in [1.82, 2.24) is 9.96 Å². The Morgan fingerprint density at radius 1 is 1.12 bits per heavy atom. The Morgan fingerprint density at radius 2 is 1.71 bits per heavy atom. The summed E-state index contributed by atoms with van der Waals surface area (Å²) in [7, 11) is 4.74. The molecule has 7 nitrogen and oxygen atoms in total. The lowest BCUT2D eigenvalue weighted by Gasteiger charge is -2.37. The third-order valence-corrected chi connectivity index (χ3v) is 4.72. The van der Waals surface area contributed by atoms with E-state index < -0.39 is 5.60 Å². The number of carbonyl (C=O) groups excluding carboxylic acids is 2. The van der Waals surface area contributed by atoms with Gasteiger partial charge in [-0.2, -0.15) is 0 Å². The summed E-state index contributed by atoms with van der Waals surface area (Å²) in [4.78, 5) is 32.0. The highest BCUT2D eigenvalue weighted by molar-refractivity contribution is 5.95. The van der Waals surface area contributed by atoms with Crippen molar-refractivity contribution in [2.24, 2.45) is 0 Å². The minimum Gasteiger partial charge on any atom is -0.497 e. The number of piperidine rings is 1. The molecule has 24 heavy (non-hydrogen) atoms. The van der Waals surface area contributed by atoms with Crippen LogP contribution in [0.4, 0.5) is 0 Å². The molecule has 2 aliphatic rings. The van der Waals surface area contributed by atoms with Crippen LogP contribution >= 0.6 is 0 Å². The van der Waals surface area contributed by atoms with Gasteiger partial charge in [0.2, 0.25) is 5.91 Å². The fourth-order valence-corrected chi connectivity index (χ4v) is 3.26. The van der Waals surface area contributed by atoms with Crippen LogP contribution in [0.25, 0.3) is 0 Å². The number of ether oxygens (including phenoxy) is 2. The van der Waals surface area contributed by atoms with Crippen LogP contribution in [-0.4, -0.2) is 61.7 Å². The van der Waals surface area contributed by atoms with Gasteiger partial charge < -0.3 is 14.4 Å². The van der Waals surface area contributed by atoms with E-state index in [-0.39, 0.29) is 11.8 Å². The molecule has 2 aliphatic heterocycles. The second kappa shape index (κ2) is 6.32. The van der Waals surface area contributed by atoms with E-state index in [1.165, 1.54) is 5.06 Å². The number of amides is 2. The lowest BCUT2D eigenvalue weighted by Crippen LogP contribution is -2.46. The number of hydrogen-bond donors (Lipinski definition) is 0. The molecule has 3 rings (SSSR count). The van der Waals surface area contributed by atoms with Crippen molar-refractivity contribution in [3.8, 4) is 11.5 Å². The fourth-order valence-electron chi connectivity index (χ4n) is 3.26. The predicted octanol–water partition coefficient (Wildman–Crippen LogP) is 1.47. The molecule has 0 saturated carbocycles. The molecule has 0 aromatic heterocycles. The number of benzene rings is 1. The van der Waals surface area contributed by atoms with Crippen molar-refractivity contribution in [2.45, 2.75) is 24.9 Å². The van der Waals surface area contributed by atoms with Crippen LogP contribution in [0.2, 0.25) is 0 Å². The summed E-state index contributed by atoms with van der Waals surface area (Å²) in [5.74, 6) is 1.09. The summed E-state index contributed by atoms with van der Waals surface area (Å²) in [6.45, 7) is 1.11. The van der Waals surface area contributed by atoms with Gasteiger partial charge >= 0.3 is 0 Å². The summed E-state index contributed by atoms with van der Waals surface area (Å²) < 4.78 is 10.4. The molecule has 130 valence electrons. The Kier molecular flexibility index (Phi) is 4.36. The number of methoxy groups -OCH3 is 2. The minimum atomic E-state index is -0.450. The van der Waals surface area contributed by atoms with E-state index in [0.717, 1.165) is 0 Å². The zero-order valence-corrected chi connectivity index (χ0v) is 14.2. The Hall–Kier alpha value is -2.28. The Labute approximate surface area is 141 Å². The van der Waals surface area contributed by atoms with Gasteiger partial charge in [0.05, 0.1) is 20.6 Å². The third-order valence-electron chi connectivity index (χ3n) is 4.72. The average molecular weight is 334 g/mol. The molecule has 0 bridgehead atoms. The number of rotatable bonds is 3. The Morgan fingerprint density at radius 3 is 2.17 bits per heavy atom. The van der Waals surface area contributed by atoms with Crippen molar-refractivity contribution in [1.29, 1.82) is 0 Å². The second-order valence-electron chi connectivity index (χ2n) is 6.24. The maximum atomic E-state index is 12.8. The molecule has 2 heterocycles. The summed E-state index contributed by atoms with van der Waals surface area (Å²) >= 11 is 0. The second-order valence-corrected chi connectivity index (χ2v) is 6.24. The molecule has 0 atom stereocenters. The number of hydroxylamine groups is 2. The highest BCUT2D eigenvalue weighted by Gasteiger charge is 2.46. The molecule has 0 radical (unpaired) electrons. The maximum Gasteiger partial charge on any atom is 0.254 e. The molecule has 0 N–H and O–H groups in total. The number of nitrogens with zero attached hydrogens (tertiary/aromatic N) is 2. The first-order chi connectivity index (χ1) is 11.5. The molecular weight excluding hydrogens is 312 g/mol. The molecule has 0 aliphatic carbocycles. The van der Waals surface area contributed by atoms with E-state index in [1.807, 2.05) is 0 Å². The van der Waals surface area contributed by atoms with E-state index in [4.69, 9.17) is 14.3 Å². The summed E-state index contributed by atoms with van der Waals surface area (Å²) in [5, 5.41) is 1.31. The fraction of sp³-hybridized carbons (Fsp3) is 0.529. The first-order valence-electron chi connectivity index (χ1n) is 7.94. The third kappa shape index (κ3) is 3.03. The van der Waals surface area contributed by atoms with Crippen molar-refractivity contribution >= 4 is 11.8 Å². The first kappa shape index (κ1) is 16.6. The average Bonchev–Trinajstić information content (AvgIpc) is 2.87. The normalized spacial score (nSPS) is 19.7. The number of hydrogen-bond acceptors (Lipinski definition) is 5. The van der Waals surface area contributed by atoms with Crippen LogP contribution in [0.1, 0.15) is 29.6 Å². The molecular formula is C17H22N2O5. The van der Waals surface area contributed by atoms with E-state index in [0.29, 0.717) is 49.4 Å². The maximum absolute atomic E-state index is 12.8. The van der Waals surface area contributed by atoms with Crippen LogP contribution < -0.4 is 9.47 Å². The van der Waals surface area contributed by atoms with E-state index >= 15 is 0 Å². The van der Waals surface area contributed by atoms with Crippen LogP contribution in [0.15, 0.2) is 18.2 Å².